The van der Waals surface area contributed by atoms with Crippen LogP contribution in [-0.4, -0.2) is 20.3 Å². The van der Waals surface area contributed by atoms with Gasteiger partial charge in [0.15, 0.2) is 11.5 Å². The number of hydrogen-bond acceptors (Lipinski definition) is 3. The van der Waals surface area contributed by atoms with Crippen molar-refractivity contribution in [3.05, 3.63) is 23.8 Å². The predicted octanol–water partition coefficient (Wildman–Crippen LogP) is 4.54. The molecule has 0 aliphatic carbocycles. The Balaban J connectivity index is 2.23. The second-order valence-corrected chi connectivity index (χ2v) is 5.36. The molecule has 0 saturated carbocycles. The van der Waals surface area contributed by atoms with Crippen LogP contribution in [0.15, 0.2) is 18.2 Å². The van der Waals surface area contributed by atoms with Gasteiger partial charge in [0.1, 0.15) is 0 Å². The van der Waals surface area contributed by atoms with Gasteiger partial charge in [-0.15, -0.1) is 0 Å². The van der Waals surface area contributed by atoms with Crippen LogP contribution in [0.4, 0.5) is 0 Å². The molecule has 0 spiro atoms. The molecular formula is C18H31NO2. The smallest absolute Gasteiger partial charge is 0.161 e. The number of methoxy groups -OCH3 is 1. The van der Waals surface area contributed by atoms with Gasteiger partial charge >= 0.3 is 0 Å². The number of nitrogens with one attached hydrogen (secondary N) is 1. The minimum Gasteiger partial charge on any atom is -0.493 e. The minimum absolute atomic E-state index is 0.659. The number of rotatable bonds is 12. The lowest BCUT2D eigenvalue weighted by atomic mass is 10.1. The highest BCUT2D eigenvalue weighted by Gasteiger charge is 2.04. The Kier molecular flexibility index (Phi) is 9.71. The molecule has 120 valence electrons. The maximum absolute atomic E-state index is 5.53. The molecule has 1 aromatic rings. The maximum atomic E-state index is 5.53. The van der Waals surface area contributed by atoms with Crippen LogP contribution in [0, 0.1) is 0 Å². The van der Waals surface area contributed by atoms with Gasteiger partial charge in [-0.2, -0.15) is 0 Å². The third-order valence-electron chi connectivity index (χ3n) is 3.56. The fraction of sp³-hybridized carbons (Fsp3) is 0.667. The van der Waals surface area contributed by atoms with Gasteiger partial charge in [-0.3, -0.25) is 0 Å². The highest BCUT2D eigenvalue weighted by molar-refractivity contribution is 5.42. The van der Waals surface area contributed by atoms with E-state index in [0.29, 0.717) is 6.61 Å². The summed E-state index contributed by atoms with van der Waals surface area (Å²) >= 11 is 0. The Morgan fingerprint density at radius 3 is 2.43 bits per heavy atom. The summed E-state index contributed by atoms with van der Waals surface area (Å²) in [6.07, 6.45) is 8.04. The van der Waals surface area contributed by atoms with E-state index < -0.39 is 0 Å². The van der Waals surface area contributed by atoms with Gasteiger partial charge < -0.3 is 14.8 Å². The lowest BCUT2D eigenvalue weighted by Gasteiger charge is -2.11. The van der Waals surface area contributed by atoms with Gasteiger partial charge in [0, 0.05) is 6.54 Å². The molecule has 0 bridgehead atoms. The molecular weight excluding hydrogens is 262 g/mol. The van der Waals surface area contributed by atoms with Crippen molar-refractivity contribution < 1.29 is 9.47 Å². The SMILES string of the molecule is CCCCCCCCNCc1ccc(OCC)c(OC)c1. The maximum Gasteiger partial charge on any atom is 0.161 e. The Morgan fingerprint density at radius 2 is 1.71 bits per heavy atom. The van der Waals surface area contributed by atoms with E-state index in [0.717, 1.165) is 24.6 Å². The normalized spacial score (nSPS) is 10.6. The van der Waals surface area contributed by atoms with Crippen molar-refractivity contribution in [3.63, 3.8) is 0 Å². The van der Waals surface area contributed by atoms with E-state index in [-0.39, 0.29) is 0 Å². The number of unbranched alkanes of at least 4 members (excludes halogenated alkanes) is 5. The van der Waals surface area contributed by atoms with Gasteiger partial charge in [-0.1, -0.05) is 45.1 Å². The fourth-order valence-corrected chi connectivity index (χ4v) is 2.36. The zero-order valence-electron chi connectivity index (χ0n) is 13.9. The number of hydrogen-bond donors (Lipinski definition) is 1. The van der Waals surface area contributed by atoms with Crippen molar-refractivity contribution in [1.82, 2.24) is 5.32 Å². The molecule has 0 radical (unpaired) electrons. The second-order valence-electron chi connectivity index (χ2n) is 5.36. The molecule has 0 amide bonds. The van der Waals surface area contributed by atoms with E-state index in [1.165, 1.54) is 44.1 Å². The largest absolute Gasteiger partial charge is 0.493 e. The Bertz CT molecular complexity index is 379. The van der Waals surface area contributed by atoms with Crippen LogP contribution in [-0.2, 0) is 6.54 Å². The Morgan fingerprint density at radius 1 is 0.952 bits per heavy atom. The zero-order chi connectivity index (χ0) is 15.3. The third kappa shape index (κ3) is 7.37. The monoisotopic (exact) mass is 293 g/mol. The first kappa shape index (κ1) is 17.8. The molecule has 1 rings (SSSR count). The van der Waals surface area contributed by atoms with Crippen LogP contribution in [0.25, 0.3) is 0 Å². The number of ether oxygens (including phenoxy) is 2. The fourth-order valence-electron chi connectivity index (χ4n) is 2.36. The van der Waals surface area contributed by atoms with E-state index in [1.54, 1.807) is 7.11 Å². The van der Waals surface area contributed by atoms with E-state index >= 15 is 0 Å². The van der Waals surface area contributed by atoms with E-state index in [1.807, 2.05) is 13.0 Å². The van der Waals surface area contributed by atoms with Gasteiger partial charge in [-0.05, 0) is 37.6 Å². The van der Waals surface area contributed by atoms with Crippen LogP contribution in [0.2, 0.25) is 0 Å². The second kappa shape index (κ2) is 11.4. The van der Waals surface area contributed by atoms with Crippen LogP contribution < -0.4 is 14.8 Å². The molecule has 0 aliphatic heterocycles. The molecule has 0 fully saturated rings. The lowest BCUT2D eigenvalue weighted by molar-refractivity contribution is 0.310. The molecule has 21 heavy (non-hydrogen) atoms. The summed E-state index contributed by atoms with van der Waals surface area (Å²) in [4.78, 5) is 0. The first-order chi connectivity index (χ1) is 10.3. The standard InChI is InChI=1S/C18H31NO2/c1-4-6-7-8-9-10-13-19-15-16-11-12-17(21-5-2)18(14-16)20-3/h11-12,14,19H,4-10,13,15H2,1-3H3. The van der Waals surface area contributed by atoms with Crippen LogP contribution >= 0.6 is 0 Å². The van der Waals surface area contributed by atoms with Gasteiger partial charge in [-0.25, -0.2) is 0 Å². The summed E-state index contributed by atoms with van der Waals surface area (Å²) in [5, 5.41) is 3.50. The first-order valence-electron chi connectivity index (χ1n) is 8.32. The molecule has 0 aliphatic rings. The molecule has 1 N–H and O–H groups in total. The van der Waals surface area contributed by atoms with Crippen LogP contribution in [0.3, 0.4) is 0 Å². The van der Waals surface area contributed by atoms with E-state index in [9.17, 15) is 0 Å². The van der Waals surface area contributed by atoms with Gasteiger partial charge in [0.2, 0.25) is 0 Å². The van der Waals surface area contributed by atoms with Crippen molar-refractivity contribution in [2.45, 2.75) is 58.9 Å². The van der Waals surface area contributed by atoms with Gasteiger partial charge in [0.25, 0.3) is 0 Å². The quantitative estimate of drug-likeness (QED) is 0.574. The Hall–Kier alpha value is -1.22. The van der Waals surface area contributed by atoms with Crippen molar-refractivity contribution in [2.24, 2.45) is 0 Å². The molecule has 0 heterocycles. The summed E-state index contributed by atoms with van der Waals surface area (Å²) in [5.74, 6) is 1.63. The van der Waals surface area contributed by atoms with Crippen LogP contribution in [0.5, 0.6) is 11.5 Å². The molecule has 1 aromatic carbocycles. The minimum atomic E-state index is 0.659. The van der Waals surface area contributed by atoms with Crippen molar-refractivity contribution in [2.75, 3.05) is 20.3 Å². The summed E-state index contributed by atoms with van der Waals surface area (Å²) in [5.41, 5.74) is 1.24. The predicted molar refractivity (Wildman–Crippen MR) is 89.2 cm³/mol. The van der Waals surface area contributed by atoms with Gasteiger partial charge in [0.05, 0.1) is 13.7 Å². The molecule has 0 atom stereocenters. The highest BCUT2D eigenvalue weighted by atomic mass is 16.5. The summed E-state index contributed by atoms with van der Waals surface area (Å²) in [6, 6.07) is 6.14. The van der Waals surface area contributed by atoms with E-state index in [2.05, 4.69) is 24.4 Å². The van der Waals surface area contributed by atoms with Crippen LogP contribution in [0.1, 0.15) is 57.9 Å². The topological polar surface area (TPSA) is 30.5 Å². The van der Waals surface area contributed by atoms with Crippen molar-refractivity contribution >= 4 is 0 Å². The van der Waals surface area contributed by atoms with Crippen molar-refractivity contribution in [1.29, 1.82) is 0 Å². The average molecular weight is 293 g/mol. The third-order valence-corrected chi connectivity index (χ3v) is 3.56. The summed E-state index contributed by atoms with van der Waals surface area (Å²) in [6.45, 7) is 6.87. The lowest BCUT2D eigenvalue weighted by Crippen LogP contribution is -2.14. The zero-order valence-corrected chi connectivity index (χ0v) is 13.9. The number of benzene rings is 1. The summed E-state index contributed by atoms with van der Waals surface area (Å²) < 4.78 is 10.9. The molecule has 3 heteroatoms. The first-order valence-corrected chi connectivity index (χ1v) is 8.32. The molecule has 3 nitrogen and oxygen atoms in total. The Labute approximate surface area is 130 Å². The summed E-state index contributed by atoms with van der Waals surface area (Å²) in [7, 11) is 1.69. The molecule has 0 aromatic heterocycles. The molecule has 0 unspecified atom stereocenters. The average Bonchev–Trinajstić information content (AvgIpc) is 2.51. The van der Waals surface area contributed by atoms with E-state index in [4.69, 9.17) is 9.47 Å². The molecule has 0 saturated heterocycles. The van der Waals surface area contributed by atoms with Crippen molar-refractivity contribution in [3.8, 4) is 11.5 Å². The highest BCUT2D eigenvalue weighted by Crippen LogP contribution is 2.27.